The van der Waals surface area contributed by atoms with E-state index in [1.165, 1.54) is 33.5 Å². The topological polar surface area (TPSA) is 24.9 Å². The standard InChI is InChI=1S/C14H15BrN2S/c15-14-8-11-12(5-3-6-13(11)18-14)17-9-10-4-1-2-7-16-10/h1-2,4,7-8,12,17H,3,5-6,9H2. The molecule has 1 aliphatic carbocycles. The van der Waals surface area contributed by atoms with Crippen LogP contribution in [0.2, 0.25) is 0 Å². The monoisotopic (exact) mass is 322 g/mol. The van der Waals surface area contributed by atoms with E-state index < -0.39 is 0 Å². The van der Waals surface area contributed by atoms with Crippen molar-refractivity contribution in [3.05, 3.63) is 50.4 Å². The molecule has 1 unspecified atom stereocenters. The van der Waals surface area contributed by atoms with Crippen LogP contribution in [0, 0.1) is 0 Å². The summed E-state index contributed by atoms with van der Waals surface area (Å²) in [5.74, 6) is 0. The number of nitrogens with zero attached hydrogens (tertiary/aromatic N) is 1. The average molecular weight is 323 g/mol. The van der Waals surface area contributed by atoms with Crippen molar-refractivity contribution in [3.8, 4) is 0 Å². The van der Waals surface area contributed by atoms with Crippen LogP contribution >= 0.6 is 27.3 Å². The van der Waals surface area contributed by atoms with Gasteiger partial charge in [-0.1, -0.05) is 6.07 Å². The van der Waals surface area contributed by atoms with Crippen LogP contribution in [0.4, 0.5) is 0 Å². The van der Waals surface area contributed by atoms with E-state index in [2.05, 4.69) is 38.4 Å². The number of aryl methyl sites for hydroxylation is 1. The summed E-state index contributed by atoms with van der Waals surface area (Å²) in [6, 6.07) is 8.82. The number of fused-ring (bicyclic) bond motifs is 1. The second kappa shape index (κ2) is 5.51. The van der Waals surface area contributed by atoms with Crippen molar-refractivity contribution >= 4 is 27.3 Å². The largest absolute Gasteiger partial charge is 0.304 e. The number of thiophene rings is 1. The number of pyridine rings is 1. The molecule has 0 saturated heterocycles. The molecule has 18 heavy (non-hydrogen) atoms. The Morgan fingerprint density at radius 1 is 1.44 bits per heavy atom. The summed E-state index contributed by atoms with van der Waals surface area (Å²) in [6.45, 7) is 0.846. The molecule has 1 aliphatic rings. The summed E-state index contributed by atoms with van der Waals surface area (Å²) in [5.41, 5.74) is 2.59. The Bertz CT molecular complexity index is 524. The Kier molecular flexibility index (Phi) is 3.77. The predicted octanol–water partition coefficient (Wildman–Crippen LogP) is 4.07. The number of halogens is 1. The van der Waals surface area contributed by atoms with E-state index in [0.717, 1.165) is 12.2 Å². The SMILES string of the molecule is Brc1cc2c(s1)CCCC2NCc1ccccn1. The highest BCUT2D eigenvalue weighted by Crippen LogP contribution is 2.37. The molecule has 0 aromatic carbocycles. The molecule has 1 atom stereocenters. The van der Waals surface area contributed by atoms with Crippen molar-refractivity contribution in [1.82, 2.24) is 10.3 Å². The van der Waals surface area contributed by atoms with Crippen molar-refractivity contribution in [1.29, 1.82) is 0 Å². The molecule has 0 amide bonds. The van der Waals surface area contributed by atoms with Gasteiger partial charge in [0, 0.05) is 23.7 Å². The number of aromatic nitrogens is 1. The van der Waals surface area contributed by atoms with Crippen molar-refractivity contribution < 1.29 is 0 Å². The summed E-state index contributed by atoms with van der Waals surface area (Å²) in [7, 11) is 0. The van der Waals surface area contributed by atoms with Crippen LogP contribution in [0.15, 0.2) is 34.2 Å². The fourth-order valence-electron chi connectivity index (χ4n) is 2.46. The Balaban J connectivity index is 1.71. The first kappa shape index (κ1) is 12.3. The van der Waals surface area contributed by atoms with Gasteiger partial charge < -0.3 is 5.32 Å². The van der Waals surface area contributed by atoms with Crippen LogP contribution in [0.5, 0.6) is 0 Å². The minimum Gasteiger partial charge on any atom is -0.304 e. The minimum absolute atomic E-state index is 0.485. The Labute approximate surface area is 120 Å². The average Bonchev–Trinajstić information content (AvgIpc) is 2.78. The zero-order chi connectivity index (χ0) is 12.4. The van der Waals surface area contributed by atoms with E-state index >= 15 is 0 Å². The van der Waals surface area contributed by atoms with Crippen LogP contribution in [0.25, 0.3) is 0 Å². The third-order valence-electron chi connectivity index (χ3n) is 3.34. The lowest BCUT2D eigenvalue weighted by Gasteiger charge is -2.23. The molecular weight excluding hydrogens is 308 g/mol. The molecule has 0 saturated carbocycles. The molecule has 2 aromatic heterocycles. The molecule has 4 heteroatoms. The molecule has 2 aromatic rings. The van der Waals surface area contributed by atoms with Gasteiger partial charge in [-0.2, -0.15) is 0 Å². The second-order valence-corrected chi connectivity index (χ2v) is 7.09. The number of nitrogens with one attached hydrogen (secondary N) is 1. The molecule has 2 nitrogen and oxygen atoms in total. The molecule has 0 fully saturated rings. The first-order valence-corrected chi connectivity index (χ1v) is 7.85. The first-order chi connectivity index (χ1) is 8.83. The van der Waals surface area contributed by atoms with Crippen molar-refractivity contribution in [2.24, 2.45) is 0 Å². The van der Waals surface area contributed by atoms with E-state index in [1.807, 2.05) is 29.7 Å². The fourth-order valence-corrected chi connectivity index (χ4v) is 4.28. The zero-order valence-corrected chi connectivity index (χ0v) is 12.4. The van der Waals surface area contributed by atoms with Gasteiger partial charge in [0.15, 0.2) is 0 Å². The minimum atomic E-state index is 0.485. The third-order valence-corrected chi connectivity index (χ3v) is 5.05. The number of hydrogen-bond acceptors (Lipinski definition) is 3. The quantitative estimate of drug-likeness (QED) is 0.921. The van der Waals surface area contributed by atoms with Gasteiger partial charge in [0.2, 0.25) is 0 Å². The van der Waals surface area contributed by atoms with Crippen molar-refractivity contribution in [2.45, 2.75) is 31.8 Å². The molecular formula is C14H15BrN2S. The molecule has 1 N–H and O–H groups in total. The molecule has 2 heterocycles. The summed E-state index contributed by atoms with van der Waals surface area (Å²) in [4.78, 5) is 5.89. The number of rotatable bonds is 3. The summed E-state index contributed by atoms with van der Waals surface area (Å²) < 4.78 is 1.25. The van der Waals surface area contributed by atoms with Crippen molar-refractivity contribution in [2.75, 3.05) is 0 Å². The maximum atomic E-state index is 4.36. The fraction of sp³-hybridized carbons (Fsp3) is 0.357. The first-order valence-electron chi connectivity index (χ1n) is 6.24. The van der Waals surface area contributed by atoms with Crippen LogP contribution in [0.3, 0.4) is 0 Å². The predicted molar refractivity (Wildman–Crippen MR) is 78.8 cm³/mol. The molecule has 94 valence electrons. The van der Waals surface area contributed by atoms with Gasteiger partial charge >= 0.3 is 0 Å². The van der Waals surface area contributed by atoms with E-state index in [-0.39, 0.29) is 0 Å². The molecule has 0 bridgehead atoms. The zero-order valence-electron chi connectivity index (χ0n) is 10.0. The summed E-state index contributed by atoms with van der Waals surface area (Å²) in [6.07, 6.45) is 5.58. The highest BCUT2D eigenvalue weighted by Gasteiger charge is 2.22. The summed E-state index contributed by atoms with van der Waals surface area (Å²) >= 11 is 5.47. The molecule has 0 spiro atoms. The van der Waals surface area contributed by atoms with E-state index in [4.69, 9.17) is 0 Å². The normalized spacial score (nSPS) is 18.6. The van der Waals surface area contributed by atoms with E-state index in [0.29, 0.717) is 6.04 Å². The van der Waals surface area contributed by atoms with Gasteiger partial charge in [-0.3, -0.25) is 4.98 Å². The Morgan fingerprint density at radius 2 is 2.39 bits per heavy atom. The summed E-state index contributed by atoms with van der Waals surface area (Å²) in [5, 5.41) is 3.63. The third kappa shape index (κ3) is 2.66. The van der Waals surface area contributed by atoms with Crippen LogP contribution in [-0.4, -0.2) is 4.98 Å². The van der Waals surface area contributed by atoms with E-state index in [1.54, 1.807) is 0 Å². The highest BCUT2D eigenvalue weighted by atomic mass is 79.9. The maximum Gasteiger partial charge on any atom is 0.0704 e. The highest BCUT2D eigenvalue weighted by molar-refractivity contribution is 9.11. The second-order valence-electron chi connectivity index (χ2n) is 4.58. The molecule has 0 radical (unpaired) electrons. The Hall–Kier alpha value is -0.710. The molecule has 0 aliphatic heterocycles. The van der Waals surface area contributed by atoms with Gasteiger partial charge in [-0.05, 0) is 59.0 Å². The van der Waals surface area contributed by atoms with Gasteiger partial charge in [0.25, 0.3) is 0 Å². The van der Waals surface area contributed by atoms with Gasteiger partial charge in [-0.15, -0.1) is 11.3 Å². The van der Waals surface area contributed by atoms with Crippen LogP contribution in [-0.2, 0) is 13.0 Å². The molecule has 3 rings (SSSR count). The van der Waals surface area contributed by atoms with Gasteiger partial charge in [0.05, 0.1) is 9.48 Å². The van der Waals surface area contributed by atoms with Crippen LogP contribution < -0.4 is 5.32 Å². The van der Waals surface area contributed by atoms with E-state index in [9.17, 15) is 0 Å². The lowest BCUT2D eigenvalue weighted by atomic mass is 9.94. The maximum absolute atomic E-state index is 4.36. The Morgan fingerprint density at radius 3 is 3.22 bits per heavy atom. The number of hydrogen-bond donors (Lipinski definition) is 1. The van der Waals surface area contributed by atoms with Gasteiger partial charge in [-0.25, -0.2) is 0 Å². The lowest BCUT2D eigenvalue weighted by molar-refractivity contribution is 0.460. The smallest absolute Gasteiger partial charge is 0.0704 e. The van der Waals surface area contributed by atoms with Crippen LogP contribution in [0.1, 0.15) is 35.0 Å². The lowest BCUT2D eigenvalue weighted by Crippen LogP contribution is -2.24. The van der Waals surface area contributed by atoms with Crippen molar-refractivity contribution in [3.63, 3.8) is 0 Å². The van der Waals surface area contributed by atoms with Gasteiger partial charge in [0.1, 0.15) is 0 Å².